The molecule has 3 nitrogen and oxygen atoms in total. The van der Waals surface area contributed by atoms with E-state index in [9.17, 15) is 0 Å². The van der Waals surface area contributed by atoms with Gasteiger partial charge >= 0.3 is 201 Å². The summed E-state index contributed by atoms with van der Waals surface area (Å²) in [6.07, 6.45) is 0. The summed E-state index contributed by atoms with van der Waals surface area (Å²) in [4.78, 5) is 0. The first-order chi connectivity index (χ1) is 25.8. The Labute approximate surface area is 309 Å². The second kappa shape index (κ2) is 10.7. The number of para-hydroxylation sites is 3. The Bertz CT molecular complexity index is 3270. The van der Waals surface area contributed by atoms with Crippen molar-refractivity contribution in [1.29, 1.82) is 0 Å². The summed E-state index contributed by atoms with van der Waals surface area (Å²) in [7, 11) is 0. The molecule has 0 saturated carbocycles. The van der Waals surface area contributed by atoms with Crippen LogP contribution < -0.4 is 21.2 Å². The van der Waals surface area contributed by atoms with Crippen LogP contribution in [-0.4, -0.2) is 9.13 Å². The molecule has 0 atom stereocenters. The molecule has 8 aromatic carbocycles. The molecule has 12 rings (SSSR count). The van der Waals surface area contributed by atoms with Crippen molar-refractivity contribution in [2.24, 2.45) is 0 Å². The third kappa shape index (κ3) is 3.95. The van der Waals surface area contributed by atoms with Gasteiger partial charge in [0, 0.05) is 16.5 Å². The van der Waals surface area contributed by atoms with Crippen LogP contribution >= 0.6 is 0 Å². The van der Waals surface area contributed by atoms with Crippen molar-refractivity contribution in [3.05, 3.63) is 177 Å². The van der Waals surface area contributed by atoms with Crippen molar-refractivity contribution in [3.63, 3.8) is 0 Å². The Balaban J connectivity index is 1.03. The average Bonchev–Trinajstić information content (AvgIpc) is 3.95. The molecule has 0 amide bonds. The van der Waals surface area contributed by atoms with Gasteiger partial charge in [-0.1, -0.05) is 42.5 Å². The first-order valence-electron chi connectivity index (χ1n) is 17.6. The molecule has 0 radical (unpaired) electrons. The predicted molar refractivity (Wildman–Crippen MR) is 211 cm³/mol. The molecule has 0 bridgehead atoms. The SMILES string of the molecule is c1ccc(-n2c3ccccc3c3cc(-c4ccc5c(c4)c4ccccc4n5-c4ccc5oc6c7c(ccc6c5c4)[I-]c4ccccc4-7)ccc32)cc1. The van der Waals surface area contributed by atoms with Crippen molar-refractivity contribution in [2.75, 3.05) is 0 Å². The molecule has 3 aromatic heterocycles. The largest absolute Gasteiger partial charge is 0.0602 e. The molecule has 1 aliphatic rings. The van der Waals surface area contributed by atoms with Gasteiger partial charge in [0.25, 0.3) is 0 Å². The van der Waals surface area contributed by atoms with E-state index in [0.717, 1.165) is 22.2 Å². The minimum absolute atomic E-state index is 0.191. The van der Waals surface area contributed by atoms with E-state index in [1.54, 1.807) is 0 Å². The summed E-state index contributed by atoms with van der Waals surface area (Å²) in [6.45, 7) is 0. The minimum atomic E-state index is -0.191. The molecule has 11 aromatic rings. The third-order valence-electron chi connectivity index (χ3n) is 10.9. The van der Waals surface area contributed by atoms with Gasteiger partial charge in [0.1, 0.15) is 0 Å². The third-order valence-corrected chi connectivity index (χ3v) is 13.9. The fraction of sp³-hybridized carbons (Fsp3) is 0. The Morgan fingerprint density at radius 2 is 1.00 bits per heavy atom. The molecule has 0 fully saturated rings. The second-order valence-electron chi connectivity index (χ2n) is 13.7. The summed E-state index contributed by atoms with van der Waals surface area (Å²) in [6, 6.07) is 62.2. The zero-order chi connectivity index (χ0) is 33.9. The topological polar surface area (TPSA) is 23.0 Å². The van der Waals surface area contributed by atoms with Crippen molar-refractivity contribution >= 4 is 65.6 Å². The number of hydrogen-bond acceptors (Lipinski definition) is 1. The van der Waals surface area contributed by atoms with E-state index in [2.05, 4.69) is 179 Å². The quantitative estimate of drug-likeness (QED) is 0.164. The molecular weight excluding hydrogens is 747 g/mol. The maximum Gasteiger partial charge on any atom is 0.0541 e. The second-order valence-corrected chi connectivity index (χ2v) is 16.5. The number of benzene rings is 8. The van der Waals surface area contributed by atoms with Gasteiger partial charge in [-0.2, -0.15) is 0 Å². The van der Waals surface area contributed by atoms with E-state index < -0.39 is 0 Å². The molecule has 1 aliphatic heterocycles. The predicted octanol–water partition coefficient (Wildman–Crippen LogP) is 9.56. The monoisotopic (exact) mass is 775 g/mol. The minimum Gasteiger partial charge on any atom is -0.0602 e. The fourth-order valence-electron chi connectivity index (χ4n) is 8.57. The molecule has 0 aliphatic carbocycles. The number of furan rings is 1. The van der Waals surface area contributed by atoms with Crippen molar-refractivity contribution < 1.29 is 25.6 Å². The fourth-order valence-corrected chi connectivity index (χ4v) is 11.5. The number of halogens is 1. The smallest absolute Gasteiger partial charge is 0.0541 e. The van der Waals surface area contributed by atoms with Crippen LogP contribution in [0.3, 0.4) is 0 Å². The Morgan fingerprint density at radius 1 is 0.385 bits per heavy atom. The van der Waals surface area contributed by atoms with E-state index in [0.29, 0.717) is 0 Å². The van der Waals surface area contributed by atoms with E-state index >= 15 is 0 Å². The zero-order valence-electron chi connectivity index (χ0n) is 27.8. The number of aromatic nitrogens is 2. The van der Waals surface area contributed by atoms with Crippen molar-refractivity contribution in [1.82, 2.24) is 9.13 Å². The first kappa shape index (κ1) is 28.6. The molecule has 52 heavy (non-hydrogen) atoms. The summed E-state index contributed by atoms with van der Waals surface area (Å²) < 4.78 is 14.4. The summed E-state index contributed by atoms with van der Waals surface area (Å²) in [5.41, 5.74) is 14.1. The van der Waals surface area contributed by atoms with E-state index in [4.69, 9.17) is 4.42 Å². The van der Waals surface area contributed by atoms with Gasteiger partial charge in [0.05, 0.1) is 11.0 Å². The van der Waals surface area contributed by atoms with Gasteiger partial charge in [-0.15, -0.1) is 0 Å². The zero-order valence-corrected chi connectivity index (χ0v) is 30.0. The standard InChI is InChI=1S/C48H28IN2O/c1-2-10-31(11-3-1)50-42-16-8-5-12-33(42)37-26-29(18-23-44(37)50)30-19-24-45-38(27-30)34-13-6-9-17-43(34)51(45)32-20-25-46-39(28-32)35-21-22-41-47(48(35)52-46)36-14-4-7-15-40(36)49-41/h1-28H/q-1. The van der Waals surface area contributed by atoms with Crippen LogP contribution in [0.4, 0.5) is 0 Å². The van der Waals surface area contributed by atoms with Crippen LogP contribution in [0.1, 0.15) is 0 Å². The molecule has 4 heteroatoms. The summed E-state index contributed by atoms with van der Waals surface area (Å²) >= 11 is -0.191. The average molecular weight is 776 g/mol. The van der Waals surface area contributed by atoms with Crippen LogP contribution in [0.5, 0.6) is 0 Å². The number of rotatable bonds is 3. The van der Waals surface area contributed by atoms with Gasteiger partial charge < -0.3 is 4.57 Å². The van der Waals surface area contributed by atoms with E-state index in [1.807, 2.05) is 0 Å². The van der Waals surface area contributed by atoms with Gasteiger partial charge in [0.15, 0.2) is 0 Å². The van der Waals surface area contributed by atoms with Gasteiger partial charge in [-0.25, -0.2) is 0 Å². The molecular formula is C48H28IN2O-. The molecule has 244 valence electrons. The molecule has 4 heterocycles. The van der Waals surface area contributed by atoms with Crippen molar-refractivity contribution in [2.45, 2.75) is 0 Å². The number of fused-ring (bicyclic) bond motifs is 13. The van der Waals surface area contributed by atoms with Crippen LogP contribution in [0.15, 0.2) is 174 Å². The Hall–Kier alpha value is -6.11. The van der Waals surface area contributed by atoms with Gasteiger partial charge in [-0.3, -0.25) is 0 Å². The number of hydrogen-bond donors (Lipinski definition) is 0. The summed E-state index contributed by atoms with van der Waals surface area (Å²) in [5.74, 6) is 0. The maximum absolute atomic E-state index is 6.65. The number of nitrogens with zero attached hydrogens (tertiary/aromatic N) is 2. The first-order valence-corrected chi connectivity index (χ1v) is 19.8. The molecule has 0 spiro atoms. The van der Waals surface area contributed by atoms with Gasteiger partial charge in [0.2, 0.25) is 0 Å². The van der Waals surface area contributed by atoms with Crippen LogP contribution in [0.25, 0.3) is 99.2 Å². The van der Waals surface area contributed by atoms with Crippen molar-refractivity contribution in [3.8, 4) is 33.6 Å². The van der Waals surface area contributed by atoms with Crippen LogP contribution in [0, 0.1) is 7.14 Å². The summed E-state index contributed by atoms with van der Waals surface area (Å²) in [5, 5.41) is 7.36. The van der Waals surface area contributed by atoms with Gasteiger partial charge in [-0.05, 0) is 35.9 Å². The van der Waals surface area contributed by atoms with E-state index in [1.165, 1.54) is 84.1 Å². The van der Waals surface area contributed by atoms with Crippen LogP contribution in [0.2, 0.25) is 0 Å². The molecule has 0 unspecified atom stereocenters. The maximum atomic E-state index is 6.65. The Morgan fingerprint density at radius 3 is 1.73 bits per heavy atom. The molecule has 0 N–H and O–H groups in total. The molecule has 0 saturated heterocycles. The van der Waals surface area contributed by atoms with Crippen LogP contribution in [-0.2, 0) is 0 Å². The normalized spacial score (nSPS) is 12.7. The van der Waals surface area contributed by atoms with E-state index in [-0.39, 0.29) is 21.2 Å². The Kier molecular flexibility index (Phi) is 5.88.